The van der Waals surface area contributed by atoms with Gasteiger partial charge in [-0.1, -0.05) is 152 Å². The van der Waals surface area contributed by atoms with Gasteiger partial charge in [0.2, 0.25) is 5.69 Å². The molecule has 3 heterocycles. The average Bonchev–Trinajstić information content (AvgIpc) is 3.97. The van der Waals surface area contributed by atoms with E-state index in [1.807, 2.05) is 84.9 Å². The molecule has 8 aromatic carbocycles. The Morgan fingerprint density at radius 3 is 1.55 bits per heavy atom. The normalized spacial score (nSPS) is 12.9. The lowest BCUT2D eigenvalue weighted by molar-refractivity contribution is 1.19. The summed E-state index contributed by atoms with van der Waals surface area (Å²) in [4.78, 5) is 4.31. The van der Waals surface area contributed by atoms with Gasteiger partial charge in [0.15, 0.2) is 0 Å². The van der Waals surface area contributed by atoms with Crippen LogP contribution in [-0.4, -0.2) is 4.57 Å². The van der Waals surface area contributed by atoms with E-state index in [9.17, 15) is 8.00 Å². The van der Waals surface area contributed by atoms with Crippen LogP contribution in [-0.2, 0) is 0 Å². The lowest BCUT2D eigenvalue weighted by Gasteiger charge is -2.24. The van der Waals surface area contributed by atoms with Crippen molar-refractivity contribution in [2.24, 2.45) is 0 Å². The van der Waals surface area contributed by atoms with Crippen molar-refractivity contribution < 1.29 is 6.85 Å². The van der Waals surface area contributed by atoms with E-state index in [4.69, 9.17) is 10.7 Å². The number of hydrogen-bond acceptors (Lipinski definition) is 3. The molecule has 5 heteroatoms. The first kappa shape index (κ1) is 26.7. The summed E-state index contributed by atoms with van der Waals surface area (Å²) in [6, 6.07) is 44.1. The van der Waals surface area contributed by atoms with Crippen molar-refractivity contribution in [3.05, 3.63) is 181 Å². The highest BCUT2D eigenvalue weighted by atomic mass is 32.1. The summed E-state index contributed by atoms with van der Waals surface area (Å²) < 4.78 is 51.2. The Balaban J connectivity index is 1.49. The Bertz CT molecular complexity index is 3580. The summed E-state index contributed by atoms with van der Waals surface area (Å²) in [6.45, 7) is 9.03. The lowest BCUT2D eigenvalue weighted by Crippen LogP contribution is -2.05. The summed E-state index contributed by atoms with van der Waals surface area (Å²) in [5.41, 5.74) is 4.49. The van der Waals surface area contributed by atoms with Crippen LogP contribution in [0, 0.1) is 17.9 Å². The van der Waals surface area contributed by atoms with Gasteiger partial charge < -0.3 is 4.57 Å². The highest BCUT2D eigenvalue weighted by Crippen LogP contribution is 2.54. The van der Waals surface area contributed by atoms with Gasteiger partial charge in [-0.3, -0.25) is 0 Å². The van der Waals surface area contributed by atoms with Crippen molar-refractivity contribution in [2.75, 3.05) is 0 Å². The van der Waals surface area contributed by atoms with E-state index in [1.165, 1.54) is 0 Å². The Hall–Kier alpha value is -7.02. The van der Waals surface area contributed by atoms with E-state index >= 15 is 0 Å². The van der Waals surface area contributed by atoms with Gasteiger partial charge in [-0.05, 0) is 39.9 Å². The second-order valence-corrected chi connectivity index (χ2v) is 15.5. The number of rotatable bonds is 4. The molecule has 0 unspecified atom stereocenters. The standard InChI is InChI=1S/C50H27N3S2/c1-52-45-43(31-17-7-3-8-18-31)42(30-15-5-2-6-16-30)39(29-51)46(44(45)32-19-9-4-10-20-32)53-47-35(25-27-37-33-21-11-13-23-40(33)54-49(37)47)36-26-28-38-34-22-12-14-24-41(34)55-50(38)48(36)53/h2-28H/i2D,5D,6D,15D,16D. The van der Waals surface area contributed by atoms with Gasteiger partial charge in [0.25, 0.3) is 0 Å². The zero-order valence-corrected chi connectivity index (χ0v) is 30.5. The fourth-order valence-corrected chi connectivity index (χ4v) is 10.8. The Labute approximate surface area is 331 Å². The van der Waals surface area contributed by atoms with Crippen molar-refractivity contribution in [2.45, 2.75) is 0 Å². The molecule has 0 aliphatic carbocycles. The second kappa shape index (κ2) is 12.3. The van der Waals surface area contributed by atoms with Gasteiger partial charge in [0.1, 0.15) is 6.07 Å². The lowest BCUT2D eigenvalue weighted by atomic mass is 9.84. The predicted octanol–water partition coefficient (Wildman–Crippen LogP) is 14.9. The molecule has 0 aliphatic rings. The van der Waals surface area contributed by atoms with Gasteiger partial charge in [0.05, 0.1) is 45.1 Å². The summed E-state index contributed by atoms with van der Waals surface area (Å²) in [7, 11) is 0. The van der Waals surface area contributed by atoms with Crippen LogP contribution in [0.1, 0.15) is 12.4 Å². The molecule has 0 saturated heterocycles. The molecule has 0 bridgehead atoms. The minimum Gasteiger partial charge on any atom is -0.306 e. The molecular weight excluding hydrogens is 707 g/mol. The van der Waals surface area contributed by atoms with Crippen molar-refractivity contribution in [1.29, 1.82) is 5.26 Å². The van der Waals surface area contributed by atoms with Gasteiger partial charge >= 0.3 is 0 Å². The van der Waals surface area contributed by atoms with Crippen molar-refractivity contribution in [3.8, 4) is 45.1 Å². The van der Waals surface area contributed by atoms with Gasteiger partial charge in [-0.25, -0.2) is 4.85 Å². The smallest absolute Gasteiger partial charge is 0.205 e. The third kappa shape index (κ3) is 4.52. The fourth-order valence-electron chi connectivity index (χ4n) is 8.32. The molecule has 3 aromatic heterocycles. The zero-order chi connectivity index (χ0) is 41.0. The highest BCUT2D eigenvalue weighted by molar-refractivity contribution is 7.27. The molecule has 0 amide bonds. The maximum atomic E-state index is 11.9. The molecule has 11 aromatic rings. The molecule has 0 spiro atoms. The Morgan fingerprint density at radius 2 is 1.02 bits per heavy atom. The summed E-state index contributed by atoms with van der Waals surface area (Å²) >= 11 is 3.34. The molecule has 0 N–H and O–H groups in total. The Morgan fingerprint density at radius 1 is 0.527 bits per heavy atom. The van der Waals surface area contributed by atoms with E-state index in [0.717, 1.165) is 62.2 Å². The minimum atomic E-state index is -0.540. The van der Waals surface area contributed by atoms with E-state index in [1.54, 1.807) is 22.7 Å². The van der Waals surface area contributed by atoms with Crippen LogP contribution in [0.2, 0.25) is 0 Å². The van der Waals surface area contributed by atoms with Crippen LogP contribution in [0.25, 0.3) is 106 Å². The summed E-state index contributed by atoms with van der Waals surface area (Å²) in [5.74, 6) is 0. The number of benzene rings is 8. The molecule has 0 aliphatic heterocycles. The van der Waals surface area contributed by atoms with Crippen LogP contribution in [0.4, 0.5) is 5.69 Å². The fraction of sp³-hybridized carbons (Fsp3) is 0. The van der Waals surface area contributed by atoms with Crippen LogP contribution < -0.4 is 0 Å². The number of thiophene rings is 2. The maximum absolute atomic E-state index is 11.9. The predicted molar refractivity (Wildman–Crippen MR) is 234 cm³/mol. The van der Waals surface area contributed by atoms with Gasteiger partial charge in [-0.15, -0.1) is 22.7 Å². The van der Waals surface area contributed by atoms with E-state index < -0.39 is 30.2 Å². The second-order valence-electron chi connectivity index (χ2n) is 13.4. The van der Waals surface area contributed by atoms with Crippen molar-refractivity contribution >= 4 is 90.5 Å². The molecule has 55 heavy (non-hydrogen) atoms. The zero-order valence-electron chi connectivity index (χ0n) is 33.9. The molecule has 3 nitrogen and oxygen atoms in total. The molecular formula is C50H27N3S2. The first-order valence-electron chi connectivity index (χ1n) is 20.2. The average molecular weight is 739 g/mol. The third-order valence-corrected chi connectivity index (χ3v) is 12.9. The molecule has 0 atom stereocenters. The molecule has 11 rings (SSSR count). The summed E-state index contributed by atoms with van der Waals surface area (Å²) in [5, 5.41) is 18.1. The van der Waals surface area contributed by atoms with Crippen LogP contribution in [0.3, 0.4) is 0 Å². The quantitative estimate of drug-likeness (QED) is 0.166. The minimum absolute atomic E-state index is 0.0914. The van der Waals surface area contributed by atoms with E-state index in [0.29, 0.717) is 27.9 Å². The van der Waals surface area contributed by atoms with E-state index in [2.05, 4.69) is 64.0 Å². The molecule has 254 valence electrons. The molecule has 0 fully saturated rings. The topological polar surface area (TPSA) is 33.1 Å². The van der Waals surface area contributed by atoms with Gasteiger partial charge in [0, 0.05) is 47.3 Å². The molecule has 0 radical (unpaired) electrons. The number of aromatic nitrogens is 1. The number of hydrogen-bond donors (Lipinski definition) is 0. The molecule has 0 saturated carbocycles. The van der Waals surface area contributed by atoms with Crippen molar-refractivity contribution in [1.82, 2.24) is 4.57 Å². The van der Waals surface area contributed by atoms with Crippen molar-refractivity contribution in [3.63, 3.8) is 0 Å². The van der Waals surface area contributed by atoms with Crippen LogP contribution in [0.5, 0.6) is 0 Å². The maximum Gasteiger partial charge on any atom is 0.205 e. The first-order chi connectivity index (χ1) is 29.3. The van der Waals surface area contributed by atoms with Crippen LogP contribution in [0.15, 0.2) is 164 Å². The monoisotopic (exact) mass is 738 g/mol. The van der Waals surface area contributed by atoms with Gasteiger partial charge in [-0.2, -0.15) is 5.26 Å². The largest absolute Gasteiger partial charge is 0.306 e. The third-order valence-electron chi connectivity index (χ3n) is 10.5. The number of fused-ring (bicyclic) bond motifs is 11. The number of nitrogens with zero attached hydrogens (tertiary/aromatic N) is 3. The van der Waals surface area contributed by atoms with E-state index in [-0.39, 0.29) is 22.4 Å². The number of nitriles is 1. The highest BCUT2D eigenvalue weighted by Gasteiger charge is 2.31. The Kier molecular flexibility index (Phi) is 5.95. The van der Waals surface area contributed by atoms with Crippen LogP contribution >= 0.6 is 22.7 Å². The first-order valence-corrected chi connectivity index (χ1v) is 19.3. The SMILES string of the molecule is [2H]c1c([2H])c([2H])c(-c2c(C#N)c(-n3c4c(ccc5c6ccccc6sc54)c4ccc5c6ccccc6sc5c43)c(-c3ccccc3)c([N+]#[C-])c2-c2ccccc2)c([2H])c1[2H]. The summed E-state index contributed by atoms with van der Waals surface area (Å²) in [6.07, 6.45) is 0.